The van der Waals surface area contributed by atoms with Crippen molar-refractivity contribution in [3.63, 3.8) is 0 Å². The minimum atomic E-state index is 0.694. The third-order valence-electron chi connectivity index (χ3n) is 5.11. The van der Waals surface area contributed by atoms with E-state index in [-0.39, 0.29) is 0 Å². The lowest BCUT2D eigenvalue weighted by molar-refractivity contribution is 0.442. The van der Waals surface area contributed by atoms with Gasteiger partial charge in [0.15, 0.2) is 0 Å². The first kappa shape index (κ1) is 14.8. The SMILES string of the molecule is CCCNC(CC1=CCCCC1)C1CC1c1ccccc1. The number of allylic oxidation sites excluding steroid dienone is 1. The maximum Gasteiger partial charge on any atom is 0.0138 e. The average Bonchev–Trinajstić information content (AvgIpc) is 3.34. The van der Waals surface area contributed by atoms with Crippen LogP contribution in [0.5, 0.6) is 0 Å². The zero-order valence-electron chi connectivity index (χ0n) is 13.4. The summed E-state index contributed by atoms with van der Waals surface area (Å²) in [5.41, 5.74) is 3.26. The first-order valence-electron chi connectivity index (χ1n) is 8.84. The predicted molar refractivity (Wildman–Crippen MR) is 90.5 cm³/mol. The van der Waals surface area contributed by atoms with Crippen LogP contribution in [0.3, 0.4) is 0 Å². The minimum absolute atomic E-state index is 0.694. The molecule has 0 aromatic heterocycles. The molecular weight excluding hydrogens is 254 g/mol. The standard InChI is InChI=1S/C20H29N/c1-2-13-21-20(14-16-9-5-3-6-10-16)19-15-18(19)17-11-7-4-8-12-17/h4,7-9,11-12,18-21H,2-3,5-6,10,13-15H2,1H3. The zero-order valence-corrected chi connectivity index (χ0v) is 13.4. The summed E-state index contributed by atoms with van der Waals surface area (Å²) in [5.74, 6) is 1.64. The molecule has 0 aliphatic heterocycles. The molecule has 2 aliphatic rings. The van der Waals surface area contributed by atoms with Crippen molar-refractivity contribution in [2.75, 3.05) is 6.54 Å². The molecule has 1 heteroatoms. The number of benzene rings is 1. The van der Waals surface area contributed by atoms with Crippen LogP contribution in [0.2, 0.25) is 0 Å². The molecule has 1 nitrogen and oxygen atoms in total. The van der Waals surface area contributed by atoms with Gasteiger partial charge in [0.2, 0.25) is 0 Å². The van der Waals surface area contributed by atoms with E-state index in [1.807, 2.05) is 0 Å². The van der Waals surface area contributed by atoms with Crippen LogP contribution in [-0.2, 0) is 0 Å². The van der Waals surface area contributed by atoms with Crippen molar-refractivity contribution in [1.29, 1.82) is 0 Å². The lowest BCUT2D eigenvalue weighted by atomic mass is 9.91. The molecule has 2 aliphatic carbocycles. The van der Waals surface area contributed by atoms with Crippen LogP contribution in [0.4, 0.5) is 0 Å². The summed E-state index contributed by atoms with van der Waals surface area (Å²) in [7, 11) is 0. The molecule has 0 radical (unpaired) electrons. The maximum atomic E-state index is 3.84. The third-order valence-corrected chi connectivity index (χ3v) is 5.11. The summed E-state index contributed by atoms with van der Waals surface area (Å²) in [6.07, 6.45) is 11.9. The highest BCUT2D eigenvalue weighted by molar-refractivity contribution is 5.27. The fourth-order valence-corrected chi connectivity index (χ4v) is 3.82. The van der Waals surface area contributed by atoms with Crippen LogP contribution in [0.1, 0.15) is 63.4 Å². The van der Waals surface area contributed by atoms with Crippen LogP contribution in [0.15, 0.2) is 42.0 Å². The second-order valence-corrected chi connectivity index (χ2v) is 6.79. The van der Waals surface area contributed by atoms with Gasteiger partial charge in [0.1, 0.15) is 0 Å². The number of hydrogen-bond acceptors (Lipinski definition) is 1. The van der Waals surface area contributed by atoms with Gasteiger partial charge in [0, 0.05) is 6.04 Å². The van der Waals surface area contributed by atoms with Gasteiger partial charge in [-0.25, -0.2) is 0 Å². The fraction of sp³-hybridized carbons (Fsp3) is 0.600. The molecule has 0 amide bonds. The minimum Gasteiger partial charge on any atom is -0.313 e. The molecule has 0 heterocycles. The Morgan fingerprint density at radius 3 is 2.76 bits per heavy atom. The van der Waals surface area contributed by atoms with Crippen molar-refractivity contribution in [1.82, 2.24) is 5.32 Å². The Bertz CT molecular complexity index is 462. The Kier molecular flexibility index (Phi) is 5.13. The van der Waals surface area contributed by atoms with Gasteiger partial charge in [-0.3, -0.25) is 0 Å². The second kappa shape index (κ2) is 7.26. The third kappa shape index (κ3) is 3.97. The normalized spacial score (nSPS) is 26.2. The van der Waals surface area contributed by atoms with Crippen molar-refractivity contribution in [3.05, 3.63) is 47.5 Å². The molecule has 114 valence electrons. The van der Waals surface area contributed by atoms with Crippen LogP contribution in [0, 0.1) is 5.92 Å². The molecule has 0 saturated heterocycles. The summed E-state index contributed by atoms with van der Waals surface area (Å²) in [6.45, 7) is 3.43. The summed E-state index contributed by atoms with van der Waals surface area (Å²) in [6, 6.07) is 11.8. The summed E-state index contributed by atoms with van der Waals surface area (Å²) >= 11 is 0. The van der Waals surface area contributed by atoms with Crippen LogP contribution in [0.25, 0.3) is 0 Å². The van der Waals surface area contributed by atoms with Gasteiger partial charge in [0.05, 0.1) is 0 Å². The molecule has 1 saturated carbocycles. The Hall–Kier alpha value is -1.08. The van der Waals surface area contributed by atoms with E-state index in [1.165, 1.54) is 44.9 Å². The van der Waals surface area contributed by atoms with Gasteiger partial charge in [-0.1, -0.05) is 48.9 Å². The van der Waals surface area contributed by atoms with E-state index in [2.05, 4.69) is 48.6 Å². The summed E-state index contributed by atoms with van der Waals surface area (Å²) in [5, 5.41) is 3.84. The van der Waals surface area contributed by atoms with Gasteiger partial charge in [-0.2, -0.15) is 0 Å². The van der Waals surface area contributed by atoms with Gasteiger partial charge in [0.25, 0.3) is 0 Å². The summed E-state index contributed by atoms with van der Waals surface area (Å²) < 4.78 is 0. The van der Waals surface area contributed by atoms with E-state index in [1.54, 1.807) is 11.1 Å². The highest BCUT2D eigenvalue weighted by Crippen LogP contribution is 2.50. The molecule has 1 N–H and O–H groups in total. The first-order valence-corrected chi connectivity index (χ1v) is 8.84. The van der Waals surface area contributed by atoms with E-state index in [4.69, 9.17) is 0 Å². The molecule has 3 rings (SSSR count). The van der Waals surface area contributed by atoms with Gasteiger partial charge >= 0.3 is 0 Å². The van der Waals surface area contributed by atoms with Crippen molar-refractivity contribution < 1.29 is 0 Å². The molecule has 0 spiro atoms. The number of rotatable bonds is 7. The Morgan fingerprint density at radius 2 is 2.05 bits per heavy atom. The molecule has 3 unspecified atom stereocenters. The molecule has 21 heavy (non-hydrogen) atoms. The Morgan fingerprint density at radius 1 is 1.19 bits per heavy atom. The van der Waals surface area contributed by atoms with E-state index in [0.29, 0.717) is 6.04 Å². The van der Waals surface area contributed by atoms with Crippen molar-refractivity contribution in [3.8, 4) is 0 Å². The second-order valence-electron chi connectivity index (χ2n) is 6.79. The molecule has 1 aromatic rings. The summed E-state index contributed by atoms with van der Waals surface area (Å²) in [4.78, 5) is 0. The number of hydrogen-bond donors (Lipinski definition) is 1. The molecule has 0 bridgehead atoms. The lowest BCUT2D eigenvalue weighted by Crippen LogP contribution is -2.32. The monoisotopic (exact) mass is 283 g/mol. The first-order chi connectivity index (χ1) is 10.4. The van der Waals surface area contributed by atoms with Gasteiger partial charge in [-0.15, -0.1) is 0 Å². The topological polar surface area (TPSA) is 12.0 Å². The van der Waals surface area contributed by atoms with E-state index >= 15 is 0 Å². The quantitative estimate of drug-likeness (QED) is 0.691. The number of nitrogens with one attached hydrogen (secondary N) is 1. The molecule has 1 aromatic carbocycles. The van der Waals surface area contributed by atoms with E-state index in [9.17, 15) is 0 Å². The maximum absolute atomic E-state index is 3.84. The lowest BCUT2D eigenvalue weighted by Gasteiger charge is -2.22. The predicted octanol–water partition coefficient (Wildman–Crippen LogP) is 5.05. The van der Waals surface area contributed by atoms with Gasteiger partial charge in [-0.05, 0) is 68.9 Å². The van der Waals surface area contributed by atoms with Crippen molar-refractivity contribution in [2.24, 2.45) is 5.92 Å². The van der Waals surface area contributed by atoms with Crippen LogP contribution < -0.4 is 5.32 Å². The fourth-order valence-electron chi connectivity index (χ4n) is 3.82. The Labute approximate surface area is 129 Å². The van der Waals surface area contributed by atoms with Gasteiger partial charge < -0.3 is 5.32 Å². The van der Waals surface area contributed by atoms with Crippen molar-refractivity contribution >= 4 is 0 Å². The largest absolute Gasteiger partial charge is 0.313 e. The smallest absolute Gasteiger partial charge is 0.0138 e. The van der Waals surface area contributed by atoms with E-state index in [0.717, 1.165) is 18.4 Å². The molecular formula is C20H29N. The Balaban J connectivity index is 1.62. The molecule has 1 fully saturated rings. The average molecular weight is 283 g/mol. The highest BCUT2D eigenvalue weighted by Gasteiger charge is 2.43. The van der Waals surface area contributed by atoms with Crippen LogP contribution >= 0.6 is 0 Å². The van der Waals surface area contributed by atoms with Crippen molar-refractivity contribution in [2.45, 2.75) is 63.8 Å². The molecule has 3 atom stereocenters. The van der Waals surface area contributed by atoms with Crippen LogP contribution in [-0.4, -0.2) is 12.6 Å². The zero-order chi connectivity index (χ0) is 14.5. The van der Waals surface area contributed by atoms with E-state index < -0.39 is 0 Å². The highest BCUT2D eigenvalue weighted by atomic mass is 14.9.